The zero-order valence-corrected chi connectivity index (χ0v) is 18.9. The molecule has 5 rings (SSSR count). The molecule has 3 aromatic rings. The van der Waals surface area contributed by atoms with Crippen LogP contribution in [-0.2, 0) is 0 Å². The summed E-state index contributed by atoms with van der Waals surface area (Å²) in [6.45, 7) is 8.11. The summed E-state index contributed by atoms with van der Waals surface area (Å²) < 4.78 is 1.81. The minimum Gasteiger partial charge on any atom is -0.391 e. The number of piperidine rings is 1. The van der Waals surface area contributed by atoms with Gasteiger partial charge in [-0.25, -0.2) is 9.50 Å². The van der Waals surface area contributed by atoms with E-state index >= 15 is 0 Å². The molecule has 0 bridgehead atoms. The Balaban J connectivity index is 1.47. The molecule has 3 unspecified atom stereocenters. The first kappa shape index (κ1) is 20.9. The van der Waals surface area contributed by atoms with Crippen LogP contribution in [0.3, 0.4) is 0 Å². The zero-order valence-electron chi connectivity index (χ0n) is 18.9. The van der Waals surface area contributed by atoms with Crippen molar-refractivity contribution in [2.75, 3.05) is 24.5 Å². The predicted molar refractivity (Wildman–Crippen MR) is 122 cm³/mol. The maximum absolute atomic E-state index is 13.3. The van der Waals surface area contributed by atoms with Gasteiger partial charge in [0.1, 0.15) is 11.5 Å². The third-order valence-corrected chi connectivity index (χ3v) is 6.81. The van der Waals surface area contributed by atoms with Crippen molar-refractivity contribution in [3.63, 3.8) is 0 Å². The number of anilines is 1. The van der Waals surface area contributed by atoms with Crippen molar-refractivity contribution in [3.05, 3.63) is 53.1 Å². The second-order valence-electron chi connectivity index (χ2n) is 9.25. The summed E-state index contributed by atoms with van der Waals surface area (Å²) in [5.41, 5.74) is 4.06. The van der Waals surface area contributed by atoms with Gasteiger partial charge >= 0.3 is 0 Å². The largest absolute Gasteiger partial charge is 0.391 e. The topological polar surface area (TPSA) is 86.9 Å². The first-order valence-corrected chi connectivity index (χ1v) is 11.4. The summed E-state index contributed by atoms with van der Waals surface area (Å²) in [7, 11) is 0. The van der Waals surface area contributed by atoms with Gasteiger partial charge in [-0.2, -0.15) is 5.10 Å². The van der Waals surface area contributed by atoms with Gasteiger partial charge < -0.3 is 14.9 Å². The summed E-state index contributed by atoms with van der Waals surface area (Å²) in [6, 6.07) is 5.69. The lowest BCUT2D eigenvalue weighted by atomic mass is 9.98. The Bertz CT molecular complexity index is 1150. The molecular weight excluding hydrogens is 404 g/mol. The number of nitrogens with zero attached hydrogens (tertiary/aromatic N) is 6. The Labute approximate surface area is 187 Å². The van der Waals surface area contributed by atoms with E-state index in [4.69, 9.17) is 10.1 Å². The van der Waals surface area contributed by atoms with Crippen LogP contribution < -0.4 is 4.90 Å². The first-order valence-electron chi connectivity index (χ1n) is 11.4. The summed E-state index contributed by atoms with van der Waals surface area (Å²) in [5.74, 6) is 1.09. The van der Waals surface area contributed by atoms with Crippen LogP contribution in [0.15, 0.2) is 30.6 Å². The molecule has 32 heavy (non-hydrogen) atoms. The normalized spacial score (nSPS) is 23.8. The van der Waals surface area contributed by atoms with Crippen LogP contribution in [0.25, 0.3) is 5.65 Å². The number of likely N-dealkylation sites (tertiary alicyclic amines) is 1. The molecule has 0 saturated carbocycles. The second kappa shape index (κ2) is 8.16. The van der Waals surface area contributed by atoms with E-state index in [0.717, 1.165) is 54.1 Å². The number of carbonyl (C=O) groups is 1. The van der Waals surface area contributed by atoms with Crippen molar-refractivity contribution in [1.82, 2.24) is 24.5 Å². The summed E-state index contributed by atoms with van der Waals surface area (Å²) >= 11 is 0. The van der Waals surface area contributed by atoms with Crippen LogP contribution in [-0.4, -0.2) is 61.2 Å². The highest BCUT2D eigenvalue weighted by Gasteiger charge is 2.33. The lowest BCUT2D eigenvalue weighted by molar-refractivity contribution is 0.0598. The number of rotatable bonds is 3. The van der Waals surface area contributed by atoms with E-state index in [0.29, 0.717) is 18.8 Å². The van der Waals surface area contributed by atoms with Crippen molar-refractivity contribution in [2.24, 2.45) is 5.92 Å². The van der Waals surface area contributed by atoms with Gasteiger partial charge in [0, 0.05) is 49.6 Å². The van der Waals surface area contributed by atoms with Crippen LogP contribution in [0.5, 0.6) is 0 Å². The number of fused-ring (bicyclic) bond motifs is 1. The van der Waals surface area contributed by atoms with Gasteiger partial charge in [-0.05, 0) is 44.7 Å². The van der Waals surface area contributed by atoms with Gasteiger partial charge in [0.25, 0.3) is 5.91 Å². The van der Waals surface area contributed by atoms with Crippen LogP contribution in [0.2, 0.25) is 0 Å². The number of amides is 1. The lowest BCUT2D eigenvalue weighted by Gasteiger charge is -2.34. The number of aromatic nitrogens is 4. The third-order valence-electron chi connectivity index (χ3n) is 6.81. The molecule has 5 heterocycles. The number of hydrogen-bond acceptors (Lipinski definition) is 6. The SMILES string of the molecule is Cc1cccnc1C(=O)N1CCCCC1c1cc2nc(N3CC(C)C(O)C3)c(C)cn2n1. The maximum atomic E-state index is 13.3. The molecule has 2 saturated heterocycles. The fourth-order valence-electron chi connectivity index (χ4n) is 4.95. The number of carbonyl (C=O) groups excluding carboxylic acids is 1. The summed E-state index contributed by atoms with van der Waals surface area (Å²) in [6.07, 6.45) is 6.26. The molecule has 2 aliphatic rings. The van der Waals surface area contributed by atoms with E-state index in [1.807, 2.05) is 47.7 Å². The van der Waals surface area contributed by atoms with E-state index in [1.165, 1.54) is 0 Å². The Kier molecular flexibility index (Phi) is 5.33. The van der Waals surface area contributed by atoms with Gasteiger partial charge in [-0.3, -0.25) is 9.78 Å². The average molecular weight is 435 g/mol. The number of aliphatic hydroxyl groups excluding tert-OH is 1. The summed E-state index contributed by atoms with van der Waals surface area (Å²) in [4.78, 5) is 26.7. The molecule has 1 N–H and O–H groups in total. The predicted octanol–water partition coefficient (Wildman–Crippen LogP) is 2.93. The number of hydrogen-bond donors (Lipinski definition) is 1. The van der Waals surface area contributed by atoms with Gasteiger partial charge in [0.2, 0.25) is 0 Å². The fourth-order valence-corrected chi connectivity index (χ4v) is 4.95. The average Bonchev–Trinajstić information content (AvgIpc) is 3.35. The van der Waals surface area contributed by atoms with Crippen molar-refractivity contribution >= 4 is 17.4 Å². The minimum absolute atomic E-state index is 0.0327. The Morgan fingerprint density at radius 3 is 2.78 bits per heavy atom. The van der Waals surface area contributed by atoms with Crippen molar-refractivity contribution in [2.45, 2.75) is 52.2 Å². The first-order chi connectivity index (χ1) is 15.4. The Morgan fingerprint density at radius 2 is 2.03 bits per heavy atom. The molecule has 0 spiro atoms. The molecule has 3 atom stereocenters. The third kappa shape index (κ3) is 3.62. The molecule has 0 aliphatic carbocycles. The lowest BCUT2D eigenvalue weighted by Crippen LogP contribution is -2.39. The highest BCUT2D eigenvalue weighted by molar-refractivity contribution is 5.94. The minimum atomic E-state index is -0.329. The van der Waals surface area contributed by atoms with Gasteiger partial charge in [0.05, 0.1) is 17.8 Å². The fraction of sp³-hybridized carbons (Fsp3) is 0.500. The molecule has 0 aromatic carbocycles. The highest BCUT2D eigenvalue weighted by atomic mass is 16.3. The monoisotopic (exact) mass is 434 g/mol. The molecule has 3 aromatic heterocycles. The molecular formula is C24H30N6O2. The van der Waals surface area contributed by atoms with Gasteiger partial charge in [-0.15, -0.1) is 0 Å². The molecule has 1 amide bonds. The van der Waals surface area contributed by atoms with Crippen molar-refractivity contribution < 1.29 is 9.90 Å². The zero-order chi connectivity index (χ0) is 22.4. The molecule has 168 valence electrons. The van der Waals surface area contributed by atoms with E-state index in [-0.39, 0.29) is 24.0 Å². The van der Waals surface area contributed by atoms with Crippen molar-refractivity contribution in [1.29, 1.82) is 0 Å². The number of aryl methyl sites for hydroxylation is 2. The number of aliphatic hydroxyl groups is 1. The summed E-state index contributed by atoms with van der Waals surface area (Å²) in [5, 5.41) is 15.0. The molecule has 8 nitrogen and oxygen atoms in total. The number of pyridine rings is 1. The molecule has 8 heteroatoms. The molecule has 2 aliphatic heterocycles. The smallest absolute Gasteiger partial charge is 0.273 e. The standard InChI is InChI=1S/C24H30N6O2/c1-15-7-6-9-25-22(15)24(32)29-10-5-4-8-19(29)18-11-21-26-23(17(3)13-30(21)27-18)28-12-16(2)20(31)14-28/h6-7,9,11,13,16,19-20,31H,4-5,8,10,12,14H2,1-3H3. The van der Waals surface area contributed by atoms with Crippen LogP contribution in [0.4, 0.5) is 5.82 Å². The number of β-amino-alcohol motifs (C(OH)–C–C–N with tert-alkyl or cyclic N) is 1. The van der Waals surface area contributed by atoms with Gasteiger partial charge in [-0.1, -0.05) is 13.0 Å². The van der Waals surface area contributed by atoms with E-state index in [9.17, 15) is 9.90 Å². The Morgan fingerprint density at radius 1 is 1.19 bits per heavy atom. The van der Waals surface area contributed by atoms with Crippen molar-refractivity contribution in [3.8, 4) is 0 Å². The van der Waals surface area contributed by atoms with E-state index < -0.39 is 0 Å². The molecule has 2 fully saturated rings. The molecule has 0 radical (unpaired) electrons. The second-order valence-corrected chi connectivity index (χ2v) is 9.25. The van der Waals surface area contributed by atoms with Crippen LogP contribution >= 0.6 is 0 Å². The Hall–Kier alpha value is -3.00. The van der Waals surface area contributed by atoms with E-state index in [2.05, 4.69) is 16.8 Å². The van der Waals surface area contributed by atoms with E-state index in [1.54, 1.807) is 6.20 Å². The quantitative estimate of drug-likeness (QED) is 0.682. The maximum Gasteiger partial charge on any atom is 0.273 e. The van der Waals surface area contributed by atoms with Crippen LogP contribution in [0, 0.1) is 19.8 Å². The van der Waals surface area contributed by atoms with Gasteiger partial charge in [0.15, 0.2) is 5.65 Å². The highest BCUT2D eigenvalue weighted by Crippen LogP contribution is 2.33. The van der Waals surface area contributed by atoms with Crippen LogP contribution in [0.1, 0.15) is 59.5 Å².